The molecule has 0 aliphatic carbocycles. The standard InChI is InChI=1S/C19H22N2O/c1-20(2)13-16-12-19-17-9-5-3-7-14(17)11-15-8-4-6-10-18(15)21(19)22-16/h3-10,16,19H,11-13H2,1-2H3/t16-,19+/m1/s1. The molecule has 0 unspecified atom stereocenters. The van der Waals surface area contributed by atoms with Crippen LogP contribution in [0.2, 0.25) is 0 Å². The lowest BCUT2D eigenvalue weighted by atomic mass is 9.95. The molecule has 4 rings (SSSR count). The van der Waals surface area contributed by atoms with Crippen molar-refractivity contribution in [2.45, 2.75) is 25.0 Å². The summed E-state index contributed by atoms with van der Waals surface area (Å²) < 4.78 is 0. The van der Waals surface area contributed by atoms with Gasteiger partial charge in [0.15, 0.2) is 0 Å². The van der Waals surface area contributed by atoms with E-state index in [2.05, 4.69) is 72.6 Å². The van der Waals surface area contributed by atoms with Crippen molar-refractivity contribution in [1.82, 2.24) is 4.90 Å². The van der Waals surface area contributed by atoms with E-state index in [1.165, 1.54) is 22.4 Å². The highest BCUT2D eigenvalue weighted by Gasteiger charge is 2.38. The summed E-state index contributed by atoms with van der Waals surface area (Å²) >= 11 is 0. The van der Waals surface area contributed by atoms with Gasteiger partial charge in [-0.2, -0.15) is 0 Å². The van der Waals surface area contributed by atoms with Gasteiger partial charge in [-0.3, -0.25) is 4.84 Å². The molecule has 22 heavy (non-hydrogen) atoms. The van der Waals surface area contributed by atoms with Gasteiger partial charge in [0.1, 0.15) is 6.10 Å². The maximum atomic E-state index is 6.33. The Morgan fingerprint density at radius 2 is 1.77 bits per heavy atom. The molecule has 3 heteroatoms. The van der Waals surface area contributed by atoms with Gasteiger partial charge < -0.3 is 4.90 Å². The topological polar surface area (TPSA) is 15.7 Å². The van der Waals surface area contributed by atoms with Gasteiger partial charge in [-0.15, -0.1) is 0 Å². The number of anilines is 1. The Morgan fingerprint density at radius 3 is 2.59 bits per heavy atom. The molecule has 2 aromatic rings. The zero-order valence-corrected chi connectivity index (χ0v) is 13.2. The van der Waals surface area contributed by atoms with Crippen LogP contribution < -0.4 is 5.06 Å². The Hall–Kier alpha value is -1.84. The van der Waals surface area contributed by atoms with Gasteiger partial charge in [0.05, 0.1) is 11.7 Å². The molecule has 2 aromatic carbocycles. The van der Waals surface area contributed by atoms with E-state index in [1.54, 1.807) is 0 Å². The zero-order valence-electron chi connectivity index (χ0n) is 13.2. The van der Waals surface area contributed by atoms with E-state index in [4.69, 9.17) is 4.84 Å². The summed E-state index contributed by atoms with van der Waals surface area (Å²) in [7, 11) is 4.21. The van der Waals surface area contributed by atoms with Crippen LogP contribution in [0.25, 0.3) is 0 Å². The van der Waals surface area contributed by atoms with E-state index in [0.717, 1.165) is 19.4 Å². The average Bonchev–Trinajstić information content (AvgIpc) is 2.85. The van der Waals surface area contributed by atoms with Gasteiger partial charge in [0.2, 0.25) is 0 Å². The van der Waals surface area contributed by atoms with Crippen LogP contribution in [-0.4, -0.2) is 31.6 Å². The molecule has 1 fully saturated rings. The SMILES string of the molecule is CN(C)C[C@H]1C[C@H]2c3ccccc3Cc3ccccc3N2O1. The number of nitrogens with zero attached hydrogens (tertiary/aromatic N) is 2. The van der Waals surface area contributed by atoms with Crippen LogP contribution in [-0.2, 0) is 11.3 Å². The summed E-state index contributed by atoms with van der Waals surface area (Å²) in [5.41, 5.74) is 5.42. The summed E-state index contributed by atoms with van der Waals surface area (Å²) in [5.74, 6) is 0. The van der Waals surface area contributed by atoms with E-state index in [-0.39, 0.29) is 6.10 Å². The number of para-hydroxylation sites is 1. The van der Waals surface area contributed by atoms with Crippen molar-refractivity contribution >= 4 is 5.69 Å². The van der Waals surface area contributed by atoms with Crippen LogP contribution in [0, 0.1) is 0 Å². The van der Waals surface area contributed by atoms with Crippen LogP contribution in [0.3, 0.4) is 0 Å². The van der Waals surface area contributed by atoms with Gasteiger partial charge in [0.25, 0.3) is 0 Å². The lowest BCUT2D eigenvalue weighted by Gasteiger charge is -2.25. The molecule has 0 bridgehead atoms. The van der Waals surface area contributed by atoms with E-state index in [1.807, 2.05) is 0 Å². The highest BCUT2D eigenvalue weighted by atomic mass is 16.7. The summed E-state index contributed by atoms with van der Waals surface area (Å²) in [5, 5.41) is 2.16. The molecule has 3 nitrogen and oxygen atoms in total. The fraction of sp³-hybridized carbons (Fsp3) is 0.368. The van der Waals surface area contributed by atoms with Gasteiger partial charge in [-0.05, 0) is 43.3 Å². The number of hydrogen-bond donors (Lipinski definition) is 0. The maximum Gasteiger partial charge on any atom is 0.101 e. The van der Waals surface area contributed by atoms with Gasteiger partial charge >= 0.3 is 0 Å². The number of benzene rings is 2. The molecule has 0 radical (unpaired) electrons. The second-order valence-corrected chi connectivity index (χ2v) is 6.57. The molecule has 0 saturated carbocycles. The number of hydroxylamine groups is 1. The third kappa shape index (κ3) is 2.31. The summed E-state index contributed by atoms with van der Waals surface area (Å²) in [6.45, 7) is 0.956. The zero-order chi connectivity index (χ0) is 15.1. The number of rotatable bonds is 2. The molecular formula is C19H22N2O. The van der Waals surface area contributed by atoms with E-state index < -0.39 is 0 Å². The van der Waals surface area contributed by atoms with E-state index >= 15 is 0 Å². The number of hydrogen-bond acceptors (Lipinski definition) is 3. The highest BCUT2D eigenvalue weighted by Crippen LogP contribution is 2.44. The maximum absolute atomic E-state index is 6.33. The fourth-order valence-corrected chi connectivity index (χ4v) is 3.72. The second-order valence-electron chi connectivity index (χ2n) is 6.57. The smallest absolute Gasteiger partial charge is 0.101 e. The predicted molar refractivity (Wildman–Crippen MR) is 89.0 cm³/mol. The minimum atomic E-state index is 0.249. The van der Waals surface area contributed by atoms with Crippen molar-refractivity contribution < 1.29 is 4.84 Å². The minimum absolute atomic E-state index is 0.249. The molecule has 0 amide bonds. The van der Waals surface area contributed by atoms with Crippen molar-refractivity contribution in [2.75, 3.05) is 25.7 Å². The van der Waals surface area contributed by atoms with Crippen molar-refractivity contribution in [1.29, 1.82) is 0 Å². The van der Waals surface area contributed by atoms with Crippen LogP contribution in [0.4, 0.5) is 5.69 Å². The highest BCUT2D eigenvalue weighted by molar-refractivity contribution is 5.59. The van der Waals surface area contributed by atoms with Gasteiger partial charge in [0, 0.05) is 13.0 Å². The van der Waals surface area contributed by atoms with Crippen molar-refractivity contribution in [3.05, 3.63) is 65.2 Å². The van der Waals surface area contributed by atoms with Crippen LogP contribution >= 0.6 is 0 Å². The van der Waals surface area contributed by atoms with E-state index in [0.29, 0.717) is 6.04 Å². The summed E-state index contributed by atoms with van der Waals surface area (Å²) in [4.78, 5) is 8.53. The Labute approximate surface area is 132 Å². The molecule has 1 saturated heterocycles. The second kappa shape index (κ2) is 5.41. The molecule has 114 valence electrons. The normalized spacial score (nSPS) is 23.0. The first-order valence-electron chi connectivity index (χ1n) is 7.99. The number of likely N-dealkylation sites (N-methyl/N-ethyl adjacent to an activating group) is 1. The predicted octanol–water partition coefficient (Wildman–Crippen LogP) is 3.40. The average molecular weight is 294 g/mol. The molecule has 2 atom stereocenters. The monoisotopic (exact) mass is 294 g/mol. The fourth-order valence-electron chi connectivity index (χ4n) is 3.72. The molecule has 0 spiro atoms. The van der Waals surface area contributed by atoms with Crippen molar-refractivity contribution in [2.24, 2.45) is 0 Å². The van der Waals surface area contributed by atoms with Gasteiger partial charge in [-0.1, -0.05) is 42.5 Å². The summed E-state index contributed by atoms with van der Waals surface area (Å²) in [6.07, 6.45) is 2.28. The Balaban J connectivity index is 1.79. The van der Waals surface area contributed by atoms with Gasteiger partial charge in [-0.25, -0.2) is 5.06 Å². The van der Waals surface area contributed by atoms with Crippen LogP contribution in [0.5, 0.6) is 0 Å². The largest absolute Gasteiger partial charge is 0.307 e. The minimum Gasteiger partial charge on any atom is -0.307 e. The quantitative estimate of drug-likeness (QED) is 0.844. The van der Waals surface area contributed by atoms with Crippen LogP contribution in [0.1, 0.15) is 29.2 Å². The molecule has 2 heterocycles. The first-order valence-corrected chi connectivity index (χ1v) is 7.99. The first kappa shape index (κ1) is 13.8. The lowest BCUT2D eigenvalue weighted by Crippen LogP contribution is -2.27. The Morgan fingerprint density at radius 1 is 1.05 bits per heavy atom. The molecular weight excluding hydrogens is 272 g/mol. The van der Waals surface area contributed by atoms with Crippen molar-refractivity contribution in [3.63, 3.8) is 0 Å². The number of fused-ring (bicyclic) bond motifs is 5. The Bertz CT molecular complexity index is 629. The molecule has 2 aliphatic rings. The van der Waals surface area contributed by atoms with Crippen molar-refractivity contribution in [3.8, 4) is 0 Å². The molecule has 0 N–H and O–H groups in total. The first-order chi connectivity index (χ1) is 10.7. The third-order valence-corrected chi connectivity index (χ3v) is 4.62. The van der Waals surface area contributed by atoms with E-state index in [9.17, 15) is 0 Å². The Kier molecular flexibility index (Phi) is 3.40. The molecule has 2 aliphatic heterocycles. The third-order valence-electron chi connectivity index (χ3n) is 4.62. The van der Waals surface area contributed by atoms with Crippen LogP contribution in [0.15, 0.2) is 48.5 Å². The lowest BCUT2D eigenvalue weighted by molar-refractivity contribution is 0.0649. The summed E-state index contributed by atoms with van der Waals surface area (Å²) in [6, 6.07) is 17.8. The molecule has 0 aromatic heterocycles.